The summed E-state index contributed by atoms with van der Waals surface area (Å²) in [5.74, 6) is 0.332. The van der Waals surface area contributed by atoms with Crippen LogP contribution < -0.4 is 33.2 Å². The van der Waals surface area contributed by atoms with Gasteiger partial charge < -0.3 is 48.5 Å². The maximum atomic E-state index is 13.4. The van der Waals surface area contributed by atoms with Crippen molar-refractivity contribution in [1.29, 1.82) is 0 Å². The summed E-state index contributed by atoms with van der Waals surface area (Å²) in [6, 6.07) is 11.5. The topological polar surface area (TPSA) is 142 Å². The van der Waals surface area contributed by atoms with Gasteiger partial charge in [-0.2, -0.15) is 0 Å². The number of carbonyl (C=O) groups excluding carboxylic acids is 1. The molecule has 0 saturated heterocycles. The van der Waals surface area contributed by atoms with Crippen LogP contribution in [-0.2, 0) is 0 Å². The van der Waals surface area contributed by atoms with Gasteiger partial charge in [-0.15, -0.1) is 0 Å². The Balaban J connectivity index is 2.22. The molecule has 3 aromatic carbocycles. The fourth-order valence-corrected chi connectivity index (χ4v) is 5.93. The Morgan fingerprint density at radius 1 is 0.780 bits per heavy atom. The van der Waals surface area contributed by atoms with E-state index in [0.717, 1.165) is 25.7 Å². The lowest BCUT2D eigenvalue weighted by Crippen LogP contribution is -2.35. The number of phenolic OH excluding ortho intramolecular Hbond substituents is 1. The number of rotatable bonds is 21. The van der Waals surface area contributed by atoms with Gasteiger partial charge in [-0.25, -0.2) is 0 Å². The van der Waals surface area contributed by atoms with Crippen molar-refractivity contribution in [1.82, 2.24) is 0 Å². The molecule has 3 aromatic rings. The molecule has 0 bridgehead atoms. The lowest BCUT2D eigenvalue weighted by atomic mass is 9.85. The van der Waals surface area contributed by atoms with E-state index < -0.39 is 30.0 Å². The molecule has 3 N–H and O–H groups in total. The molecule has 0 amide bonds. The average Bonchev–Trinajstić information content (AvgIpc) is 3.12. The molecule has 0 fully saturated rings. The van der Waals surface area contributed by atoms with Crippen molar-refractivity contribution in [2.75, 3.05) is 42.2 Å². The van der Waals surface area contributed by atoms with Crippen LogP contribution in [0, 0.1) is 0 Å². The zero-order valence-electron chi connectivity index (χ0n) is 30.8. The Morgan fingerprint density at radius 2 is 1.30 bits per heavy atom. The summed E-state index contributed by atoms with van der Waals surface area (Å²) in [7, 11) is 7.33. The summed E-state index contributed by atoms with van der Waals surface area (Å²) in [6.07, 6.45) is 3.47. The smallest absolute Gasteiger partial charge is 0.203 e. The van der Waals surface area contributed by atoms with Crippen LogP contribution in [0.4, 0.5) is 0 Å². The van der Waals surface area contributed by atoms with Crippen LogP contribution in [0.2, 0.25) is 0 Å². The Labute approximate surface area is 296 Å². The van der Waals surface area contributed by atoms with Gasteiger partial charge in [0.2, 0.25) is 11.5 Å². The number of unbranched alkanes of at least 4 members (excludes halogenated alkanes) is 2. The maximum Gasteiger partial charge on any atom is 0.203 e. The minimum absolute atomic E-state index is 0.106. The number of phenols is 1. The number of ether oxygens (including phenoxy) is 7. The average molecular weight is 699 g/mol. The lowest BCUT2D eigenvalue weighted by molar-refractivity contribution is 0.0356. The largest absolute Gasteiger partial charge is 0.504 e. The standard InChI is InChI=1S/C39H54O11/c1-10-12-15-24(3)49-36-29(45-6)19-25(20-30(36)46-7)34(27-16-14-17-28(44-5)35(27)41)33(23-40)50-37-31(47-8)21-26(22-32(37)48-9)38(42)39(4,43)18-13-11-2/h14,16-17,19-22,24,33-34,40-41,43H,10-13,15,18,23H2,1-9H3. The van der Waals surface area contributed by atoms with Crippen LogP contribution in [0.25, 0.3) is 0 Å². The second-order valence-corrected chi connectivity index (χ2v) is 12.5. The maximum absolute atomic E-state index is 13.4. The van der Waals surface area contributed by atoms with Gasteiger partial charge in [-0.1, -0.05) is 51.7 Å². The summed E-state index contributed by atoms with van der Waals surface area (Å²) in [5.41, 5.74) is -0.479. The zero-order valence-corrected chi connectivity index (χ0v) is 30.8. The number of ketones is 1. The molecule has 11 heteroatoms. The van der Waals surface area contributed by atoms with E-state index in [0.29, 0.717) is 34.8 Å². The van der Waals surface area contributed by atoms with Gasteiger partial charge in [0.1, 0.15) is 11.7 Å². The molecule has 0 heterocycles. The normalized spacial score (nSPS) is 14.1. The van der Waals surface area contributed by atoms with Crippen molar-refractivity contribution in [3.8, 4) is 46.0 Å². The van der Waals surface area contributed by atoms with Gasteiger partial charge in [0, 0.05) is 11.1 Å². The number of aromatic hydroxyl groups is 1. The molecule has 50 heavy (non-hydrogen) atoms. The Bertz CT molecular complexity index is 1500. The van der Waals surface area contributed by atoms with E-state index in [1.807, 2.05) is 13.8 Å². The second-order valence-electron chi connectivity index (χ2n) is 12.5. The first-order chi connectivity index (χ1) is 23.9. The minimum atomic E-state index is -1.60. The molecule has 0 spiro atoms. The predicted octanol–water partition coefficient (Wildman–Crippen LogP) is 7.09. The second kappa shape index (κ2) is 18.6. The highest BCUT2D eigenvalue weighted by Crippen LogP contribution is 2.48. The van der Waals surface area contributed by atoms with Gasteiger partial charge >= 0.3 is 0 Å². The summed E-state index contributed by atoms with van der Waals surface area (Å²) < 4.78 is 41.2. The summed E-state index contributed by atoms with van der Waals surface area (Å²) >= 11 is 0. The SMILES string of the molecule is CCCCC(C)Oc1c(OC)cc(C(c2cccc(OC)c2O)C(CO)Oc2c(OC)cc(C(=O)C(C)(O)CCCC)cc2OC)cc1OC. The molecule has 4 unspecified atom stereocenters. The van der Waals surface area contributed by atoms with Gasteiger partial charge in [0.25, 0.3) is 0 Å². The Kier molecular flexibility index (Phi) is 14.9. The fraction of sp³-hybridized carbons (Fsp3) is 0.513. The van der Waals surface area contributed by atoms with E-state index in [4.69, 9.17) is 33.2 Å². The van der Waals surface area contributed by atoms with Crippen LogP contribution in [0.15, 0.2) is 42.5 Å². The van der Waals surface area contributed by atoms with Crippen LogP contribution in [-0.4, -0.2) is 81.1 Å². The molecule has 11 nitrogen and oxygen atoms in total. The highest BCUT2D eigenvalue weighted by Gasteiger charge is 2.35. The predicted molar refractivity (Wildman–Crippen MR) is 191 cm³/mol. The van der Waals surface area contributed by atoms with E-state index in [2.05, 4.69) is 6.92 Å². The molecule has 0 radical (unpaired) electrons. The Hall–Kier alpha value is -4.35. The van der Waals surface area contributed by atoms with Crippen molar-refractivity contribution in [2.45, 2.75) is 89.9 Å². The summed E-state index contributed by atoms with van der Waals surface area (Å²) in [5, 5.41) is 33.4. The van der Waals surface area contributed by atoms with E-state index in [9.17, 15) is 20.1 Å². The molecule has 4 atom stereocenters. The molecule has 3 rings (SSSR count). The van der Waals surface area contributed by atoms with Crippen molar-refractivity contribution in [3.63, 3.8) is 0 Å². The molecular formula is C39H54O11. The first-order valence-corrected chi connectivity index (χ1v) is 17.0. The molecule has 0 saturated carbocycles. The van der Waals surface area contributed by atoms with Gasteiger partial charge in [-0.3, -0.25) is 4.79 Å². The number of para-hydroxylation sites is 1. The number of aliphatic hydroxyl groups is 2. The van der Waals surface area contributed by atoms with E-state index in [-0.39, 0.29) is 46.8 Å². The first kappa shape index (κ1) is 40.1. The van der Waals surface area contributed by atoms with Gasteiger partial charge in [0.15, 0.2) is 40.3 Å². The highest BCUT2D eigenvalue weighted by molar-refractivity contribution is 6.03. The van der Waals surface area contributed by atoms with Crippen molar-refractivity contribution in [3.05, 3.63) is 59.2 Å². The number of hydrogen-bond acceptors (Lipinski definition) is 11. The third-order valence-corrected chi connectivity index (χ3v) is 8.76. The van der Waals surface area contributed by atoms with Crippen LogP contribution in [0.1, 0.15) is 93.6 Å². The van der Waals surface area contributed by atoms with Gasteiger partial charge in [0.05, 0.1) is 54.2 Å². The summed E-state index contributed by atoms with van der Waals surface area (Å²) in [4.78, 5) is 13.4. The lowest BCUT2D eigenvalue weighted by Gasteiger charge is -2.30. The number of carbonyl (C=O) groups is 1. The number of hydrogen-bond donors (Lipinski definition) is 3. The quantitative estimate of drug-likeness (QED) is 0.0982. The third kappa shape index (κ3) is 9.25. The molecule has 0 aliphatic rings. The number of Topliss-reactive ketones (excluding diaryl/α,β-unsaturated/α-hetero) is 1. The zero-order chi connectivity index (χ0) is 37.0. The van der Waals surface area contributed by atoms with Crippen LogP contribution >= 0.6 is 0 Å². The van der Waals surface area contributed by atoms with Crippen LogP contribution in [0.5, 0.6) is 46.0 Å². The molecular weight excluding hydrogens is 644 g/mol. The first-order valence-electron chi connectivity index (χ1n) is 17.0. The molecule has 0 aliphatic heterocycles. The summed E-state index contributed by atoms with van der Waals surface area (Å²) in [6.45, 7) is 7.05. The van der Waals surface area contributed by atoms with Crippen LogP contribution in [0.3, 0.4) is 0 Å². The Morgan fingerprint density at radius 3 is 1.80 bits per heavy atom. The highest BCUT2D eigenvalue weighted by atomic mass is 16.6. The number of aliphatic hydroxyl groups excluding tert-OH is 1. The van der Waals surface area contributed by atoms with E-state index >= 15 is 0 Å². The minimum Gasteiger partial charge on any atom is -0.504 e. The fourth-order valence-electron chi connectivity index (χ4n) is 5.93. The monoisotopic (exact) mass is 698 g/mol. The molecule has 276 valence electrons. The van der Waals surface area contributed by atoms with E-state index in [1.54, 1.807) is 30.3 Å². The van der Waals surface area contributed by atoms with Crippen molar-refractivity contribution < 1.29 is 53.3 Å². The third-order valence-electron chi connectivity index (χ3n) is 8.76. The number of methoxy groups -OCH3 is 5. The van der Waals surface area contributed by atoms with Gasteiger partial charge in [-0.05, 0) is 62.6 Å². The van der Waals surface area contributed by atoms with Crippen molar-refractivity contribution in [2.24, 2.45) is 0 Å². The van der Waals surface area contributed by atoms with E-state index in [1.165, 1.54) is 54.6 Å². The molecule has 0 aliphatic carbocycles. The molecule has 0 aromatic heterocycles. The number of benzene rings is 3. The van der Waals surface area contributed by atoms with Crippen molar-refractivity contribution >= 4 is 5.78 Å².